The molecule has 1 radical (unpaired) electrons. The molecule has 0 aliphatic heterocycles. The van der Waals surface area contributed by atoms with E-state index in [2.05, 4.69) is 27.7 Å². The molecule has 0 aromatic rings. The van der Waals surface area contributed by atoms with E-state index in [1.165, 1.54) is 25.7 Å². The van der Waals surface area contributed by atoms with Crippen molar-refractivity contribution in [2.45, 2.75) is 66.2 Å². The van der Waals surface area contributed by atoms with E-state index in [9.17, 15) is 0 Å². The lowest BCUT2D eigenvalue weighted by molar-refractivity contribution is -0.104. The highest BCUT2D eigenvalue weighted by Gasteiger charge is 2.59. The molecule has 4 aliphatic rings. The van der Waals surface area contributed by atoms with Crippen molar-refractivity contribution in [2.24, 2.45) is 28.6 Å². The van der Waals surface area contributed by atoms with Crippen LogP contribution in [0.5, 0.6) is 0 Å². The first kappa shape index (κ1) is 11.1. The van der Waals surface area contributed by atoms with E-state index in [-0.39, 0.29) is 0 Å². The SMILES string of the molecule is CC(C)C12C[C]3CC(C1)CC(C(C)C)(C3)C2. The Balaban J connectivity index is 1.97. The highest BCUT2D eigenvalue weighted by molar-refractivity contribution is 5.19. The fourth-order valence-corrected chi connectivity index (χ4v) is 5.38. The molecule has 0 nitrogen and oxygen atoms in total. The first-order chi connectivity index (χ1) is 7.46. The molecule has 0 saturated heterocycles. The van der Waals surface area contributed by atoms with Gasteiger partial charge in [-0.25, -0.2) is 0 Å². The van der Waals surface area contributed by atoms with Crippen molar-refractivity contribution in [3.63, 3.8) is 0 Å². The van der Waals surface area contributed by atoms with Gasteiger partial charge in [0.15, 0.2) is 0 Å². The maximum atomic E-state index is 2.47. The second-order valence-corrected chi connectivity index (χ2v) is 7.79. The molecule has 0 aromatic heterocycles. The summed E-state index contributed by atoms with van der Waals surface area (Å²) in [5.41, 5.74) is 1.41. The Morgan fingerprint density at radius 2 is 1.44 bits per heavy atom. The lowest BCUT2D eigenvalue weighted by Crippen LogP contribution is -2.54. The van der Waals surface area contributed by atoms with Crippen LogP contribution in [0.25, 0.3) is 0 Å². The van der Waals surface area contributed by atoms with Crippen LogP contribution < -0.4 is 0 Å². The molecule has 16 heavy (non-hydrogen) atoms. The molecule has 4 fully saturated rings. The van der Waals surface area contributed by atoms with Gasteiger partial charge >= 0.3 is 0 Å². The van der Waals surface area contributed by atoms with Crippen LogP contribution in [0.1, 0.15) is 66.2 Å². The molecule has 2 atom stereocenters. The molecule has 0 heterocycles. The van der Waals surface area contributed by atoms with Gasteiger partial charge in [0.25, 0.3) is 0 Å². The topological polar surface area (TPSA) is 0 Å². The molecular formula is C16H27. The van der Waals surface area contributed by atoms with Crippen LogP contribution in [0.3, 0.4) is 0 Å². The minimum atomic E-state index is 0.707. The summed E-state index contributed by atoms with van der Waals surface area (Å²) in [5.74, 6) is 4.78. The van der Waals surface area contributed by atoms with Gasteiger partial charge in [0.1, 0.15) is 0 Å². The van der Waals surface area contributed by atoms with Gasteiger partial charge < -0.3 is 0 Å². The minimum absolute atomic E-state index is 0.707. The Labute approximate surface area is 101 Å². The fraction of sp³-hybridized carbons (Fsp3) is 0.938. The molecule has 0 heteroatoms. The van der Waals surface area contributed by atoms with Crippen molar-refractivity contribution < 1.29 is 0 Å². The van der Waals surface area contributed by atoms with Crippen molar-refractivity contribution in [1.82, 2.24) is 0 Å². The summed E-state index contributed by atoms with van der Waals surface area (Å²) in [6.07, 6.45) is 9.08. The number of hydrogen-bond acceptors (Lipinski definition) is 0. The van der Waals surface area contributed by atoms with Crippen molar-refractivity contribution in [2.75, 3.05) is 0 Å². The van der Waals surface area contributed by atoms with Gasteiger partial charge in [-0.05, 0) is 73.0 Å². The zero-order chi connectivity index (χ0) is 11.6. The Morgan fingerprint density at radius 1 is 0.938 bits per heavy atom. The summed E-state index contributed by atoms with van der Waals surface area (Å²) in [7, 11) is 0. The second kappa shape index (κ2) is 3.27. The van der Waals surface area contributed by atoms with Gasteiger partial charge in [-0.1, -0.05) is 27.7 Å². The normalized spacial score (nSPS) is 47.2. The van der Waals surface area contributed by atoms with Gasteiger partial charge in [-0.15, -0.1) is 0 Å². The monoisotopic (exact) mass is 219 g/mol. The zero-order valence-electron chi connectivity index (χ0n) is 11.5. The van der Waals surface area contributed by atoms with Gasteiger partial charge in [0.05, 0.1) is 0 Å². The molecule has 4 rings (SSSR count). The molecule has 0 N–H and O–H groups in total. The van der Waals surface area contributed by atoms with Gasteiger partial charge in [0.2, 0.25) is 0 Å². The summed E-state index contributed by atoms with van der Waals surface area (Å²) in [6, 6.07) is 0. The summed E-state index contributed by atoms with van der Waals surface area (Å²) in [4.78, 5) is 0. The third-order valence-electron chi connectivity index (χ3n) is 6.33. The Kier molecular flexibility index (Phi) is 2.27. The quantitative estimate of drug-likeness (QED) is 0.623. The molecule has 91 valence electrons. The van der Waals surface area contributed by atoms with Crippen LogP contribution in [-0.4, -0.2) is 0 Å². The molecule has 2 unspecified atom stereocenters. The van der Waals surface area contributed by atoms with Crippen LogP contribution in [0.15, 0.2) is 0 Å². The largest absolute Gasteiger partial charge is 0.0622 e. The second-order valence-electron chi connectivity index (χ2n) is 7.79. The summed E-state index contributed by atoms with van der Waals surface area (Å²) in [5, 5.41) is 0. The van der Waals surface area contributed by atoms with Crippen molar-refractivity contribution in [1.29, 1.82) is 0 Å². The Bertz CT molecular complexity index is 246. The lowest BCUT2D eigenvalue weighted by atomic mass is 9.40. The van der Waals surface area contributed by atoms with Crippen LogP contribution >= 0.6 is 0 Å². The standard InChI is InChI=1S/C16H27/c1-11(2)15-6-13-5-14(7-15)9-16(8-13,10-15)12(3)4/h11-13H,5-10H2,1-4H3. The average Bonchev–Trinajstić information content (AvgIpc) is 2.14. The van der Waals surface area contributed by atoms with Crippen LogP contribution in [0.2, 0.25) is 0 Å². The van der Waals surface area contributed by atoms with Gasteiger partial charge in [0, 0.05) is 0 Å². The third-order valence-corrected chi connectivity index (χ3v) is 6.33. The van der Waals surface area contributed by atoms with Gasteiger partial charge in [-0.2, -0.15) is 0 Å². The molecule has 0 aromatic carbocycles. The molecule has 4 saturated carbocycles. The van der Waals surface area contributed by atoms with Crippen LogP contribution in [0, 0.1) is 34.5 Å². The van der Waals surface area contributed by atoms with Gasteiger partial charge in [-0.3, -0.25) is 0 Å². The van der Waals surface area contributed by atoms with Crippen LogP contribution in [-0.2, 0) is 0 Å². The van der Waals surface area contributed by atoms with E-state index in [4.69, 9.17) is 0 Å². The molecule has 0 amide bonds. The predicted molar refractivity (Wildman–Crippen MR) is 69.0 cm³/mol. The molecule has 0 spiro atoms. The molecule has 4 aliphatic carbocycles. The maximum Gasteiger partial charge on any atom is -0.0227 e. The molecular weight excluding hydrogens is 192 g/mol. The maximum absolute atomic E-state index is 2.47. The van der Waals surface area contributed by atoms with Crippen LogP contribution in [0.4, 0.5) is 0 Å². The highest BCUT2D eigenvalue weighted by Crippen LogP contribution is 2.69. The van der Waals surface area contributed by atoms with E-state index in [0.29, 0.717) is 10.8 Å². The highest BCUT2D eigenvalue weighted by atomic mass is 14.6. The number of hydrogen-bond donors (Lipinski definition) is 0. The van der Waals surface area contributed by atoms with E-state index >= 15 is 0 Å². The summed E-state index contributed by atoms with van der Waals surface area (Å²) < 4.78 is 0. The first-order valence-corrected chi connectivity index (χ1v) is 7.29. The van der Waals surface area contributed by atoms with Crippen molar-refractivity contribution in [3.05, 3.63) is 5.92 Å². The van der Waals surface area contributed by atoms with Crippen molar-refractivity contribution in [3.8, 4) is 0 Å². The first-order valence-electron chi connectivity index (χ1n) is 7.29. The number of rotatable bonds is 2. The Morgan fingerprint density at radius 3 is 1.81 bits per heavy atom. The third kappa shape index (κ3) is 1.34. The van der Waals surface area contributed by atoms with E-state index in [1.807, 2.05) is 5.92 Å². The predicted octanol–water partition coefficient (Wildman–Crippen LogP) is 4.84. The van der Waals surface area contributed by atoms with E-state index in [1.54, 1.807) is 12.8 Å². The molecule has 4 bridgehead atoms. The minimum Gasteiger partial charge on any atom is -0.0622 e. The smallest absolute Gasteiger partial charge is 0.0227 e. The zero-order valence-corrected chi connectivity index (χ0v) is 11.5. The lowest BCUT2D eigenvalue weighted by Gasteiger charge is -2.65. The average molecular weight is 219 g/mol. The van der Waals surface area contributed by atoms with E-state index in [0.717, 1.165) is 17.8 Å². The Hall–Kier alpha value is 0. The van der Waals surface area contributed by atoms with Crippen molar-refractivity contribution >= 4 is 0 Å². The van der Waals surface area contributed by atoms with E-state index < -0.39 is 0 Å². The summed E-state index contributed by atoms with van der Waals surface area (Å²) in [6.45, 7) is 9.90. The summed E-state index contributed by atoms with van der Waals surface area (Å²) >= 11 is 0. The fourth-order valence-electron chi connectivity index (χ4n) is 5.38.